The molecule has 0 unspecified atom stereocenters. The summed E-state index contributed by atoms with van der Waals surface area (Å²) in [6.45, 7) is 8.84. The Morgan fingerprint density at radius 1 is 0.794 bits per heavy atom. The average molecular weight is 456 g/mol. The van der Waals surface area contributed by atoms with Crippen molar-refractivity contribution in [3.05, 3.63) is 121 Å². The topological polar surface area (TPSA) is 81.8 Å². The van der Waals surface area contributed by atoms with E-state index in [-0.39, 0.29) is 12.5 Å². The van der Waals surface area contributed by atoms with Crippen LogP contribution in [0, 0.1) is 27.7 Å². The number of aryl methyl sites for hydroxylation is 4. The van der Waals surface area contributed by atoms with E-state index < -0.39 is 11.4 Å². The quantitative estimate of drug-likeness (QED) is 0.459. The van der Waals surface area contributed by atoms with E-state index in [9.17, 15) is 9.59 Å². The molecule has 0 saturated carbocycles. The van der Waals surface area contributed by atoms with E-state index in [2.05, 4.69) is 15.3 Å². The molecule has 2 aromatic heterocycles. The zero-order chi connectivity index (χ0) is 24.2. The highest BCUT2D eigenvalue weighted by Crippen LogP contribution is 2.12. The van der Waals surface area contributed by atoms with Crippen molar-refractivity contribution in [2.24, 2.45) is 0 Å². The molecule has 0 bridgehead atoms. The first kappa shape index (κ1) is 23.2. The summed E-state index contributed by atoms with van der Waals surface area (Å²) in [5.41, 5.74) is 6.10. The monoisotopic (exact) mass is 455 g/mol. The van der Waals surface area contributed by atoms with Crippen molar-refractivity contribution in [3.63, 3.8) is 0 Å². The fourth-order valence-corrected chi connectivity index (χ4v) is 3.78. The molecule has 0 fully saturated rings. The van der Waals surface area contributed by atoms with Crippen molar-refractivity contribution < 1.29 is 0 Å². The van der Waals surface area contributed by atoms with Gasteiger partial charge in [-0.3, -0.25) is 9.55 Å². The van der Waals surface area contributed by atoms with Crippen LogP contribution in [0.3, 0.4) is 0 Å². The van der Waals surface area contributed by atoms with Crippen molar-refractivity contribution in [2.75, 3.05) is 5.32 Å². The predicted molar refractivity (Wildman–Crippen MR) is 134 cm³/mol. The van der Waals surface area contributed by atoms with Crippen molar-refractivity contribution in [3.8, 4) is 0 Å². The van der Waals surface area contributed by atoms with Gasteiger partial charge in [-0.25, -0.2) is 14.2 Å². The van der Waals surface area contributed by atoms with Crippen LogP contribution in [0.15, 0.2) is 70.4 Å². The lowest BCUT2D eigenvalue weighted by atomic mass is 10.1. The van der Waals surface area contributed by atoms with E-state index in [0.717, 1.165) is 39.1 Å². The van der Waals surface area contributed by atoms with Gasteiger partial charge in [0.1, 0.15) is 0 Å². The lowest BCUT2D eigenvalue weighted by molar-refractivity contribution is 0.586. The number of nitrogens with zero attached hydrogens (tertiary/aromatic N) is 4. The summed E-state index contributed by atoms with van der Waals surface area (Å²) in [6, 6.07) is 17.7. The fraction of sp³-hybridized carbons (Fsp3) is 0.259. The minimum Gasteiger partial charge on any atom is -0.351 e. The normalized spacial score (nSPS) is 10.9. The van der Waals surface area contributed by atoms with Gasteiger partial charge in [0.15, 0.2) is 0 Å². The molecule has 0 radical (unpaired) electrons. The number of benzene rings is 2. The first-order valence-corrected chi connectivity index (χ1v) is 11.3. The van der Waals surface area contributed by atoms with E-state index in [1.54, 1.807) is 6.20 Å². The summed E-state index contributed by atoms with van der Waals surface area (Å²) in [4.78, 5) is 35.0. The Bertz CT molecular complexity index is 1420. The first-order valence-electron chi connectivity index (χ1n) is 11.3. The van der Waals surface area contributed by atoms with Crippen molar-refractivity contribution in [1.82, 2.24) is 19.1 Å². The molecule has 174 valence electrons. The number of nitrogens with one attached hydrogen (secondary N) is 1. The Balaban J connectivity index is 1.72. The molecule has 4 rings (SSSR count). The lowest BCUT2D eigenvalue weighted by Crippen LogP contribution is -2.43. The van der Waals surface area contributed by atoms with Crippen LogP contribution in [-0.4, -0.2) is 19.1 Å². The third-order valence-electron chi connectivity index (χ3n) is 5.87. The van der Waals surface area contributed by atoms with Crippen LogP contribution in [0.5, 0.6) is 0 Å². The van der Waals surface area contributed by atoms with E-state index in [0.29, 0.717) is 13.1 Å². The molecule has 34 heavy (non-hydrogen) atoms. The average Bonchev–Trinajstić information content (AvgIpc) is 2.81. The summed E-state index contributed by atoms with van der Waals surface area (Å²) in [7, 11) is 0. The number of hydrogen-bond donors (Lipinski definition) is 1. The van der Waals surface area contributed by atoms with Crippen LogP contribution < -0.4 is 16.7 Å². The van der Waals surface area contributed by atoms with E-state index in [4.69, 9.17) is 0 Å². The van der Waals surface area contributed by atoms with E-state index in [1.807, 2.05) is 82.3 Å². The van der Waals surface area contributed by atoms with Gasteiger partial charge in [0.05, 0.1) is 13.1 Å². The SMILES string of the molecule is Cc1ccc(Cn2c(NCc3cnc(C)cc3C)nc(=O)n(Cc3ccc(C)cc3)c2=O)cc1. The molecule has 0 saturated heterocycles. The Morgan fingerprint density at radius 3 is 1.91 bits per heavy atom. The molecule has 7 heteroatoms. The summed E-state index contributed by atoms with van der Waals surface area (Å²) in [6.07, 6.45) is 1.80. The van der Waals surface area contributed by atoms with Gasteiger partial charge in [0.25, 0.3) is 0 Å². The highest BCUT2D eigenvalue weighted by Gasteiger charge is 2.15. The minimum absolute atomic E-state index is 0.167. The summed E-state index contributed by atoms with van der Waals surface area (Å²) in [5.74, 6) is 0.246. The van der Waals surface area contributed by atoms with Gasteiger partial charge in [-0.05, 0) is 56.0 Å². The molecule has 2 heterocycles. The molecule has 4 aromatic rings. The second-order valence-electron chi connectivity index (χ2n) is 8.75. The van der Waals surface area contributed by atoms with Crippen LogP contribution in [0.2, 0.25) is 0 Å². The minimum atomic E-state index is -0.577. The van der Waals surface area contributed by atoms with Gasteiger partial charge >= 0.3 is 11.4 Å². The maximum absolute atomic E-state index is 13.5. The molecule has 7 nitrogen and oxygen atoms in total. The van der Waals surface area contributed by atoms with Crippen LogP contribution in [-0.2, 0) is 19.6 Å². The molecule has 0 amide bonds. The molecule has 1 N–H and O–H groups in total. The number of rotatable bonds is 7. The van der Waals surface area contributed by atoms with Crippen molar-refractivity contribution >= 4 is 5.95 Å². The number of aromatic nitrogens is 4. The molecule has 0 aliphatic heterocycles. The highest BCUT2D eigenvalue weighted by molar-refractivity contribution is 5.33. The number of hydrogen-bond acceptors (Lipinski definition) is 5. The number of pyridine rings is 1. The maximum atomic E-state index is 13.5. The summed E-state index contributed by atoms with van der Waals surface area (Å²) < 4.78 is 2.71. The van der Waals surface area contributed by atoms with Crippen molar-refractivity contribution in [1.29, 1.82) is 0 Å². The third-order valence-corrected chi connectivity index (χ3v) is 5.87. The smallest absolute Gasteiger partial charge is 0.351 e. The standard InChI is InChI=1S/C27H29N5O2/c1-18-5-9-22(10-6-18)16-31-25(29-15-24-14-28-21(4)13-20(24)3)30-26(33)32(27(31)34)17-23-11-7-19(2)8-12-23/h5-14H,15-17H2,1-4H3,(H,29,30,33). The van der Waals surface area contributed by atoms with Crippen LogP contribution >= 0.6 is 0 Å². The Hall–Kier alpha value is -4.00. The van der Waals surface area contributed by atoms with Gasteiger partial charge in [-0.1, -0.05) is 59.7 Å². The van der Waals surface area contributed by atoms with Crippen LogP contribution in [0.1, 0.15) is 39.1 Å². The fourth-order valence-electron chi connectivity index (χ4n) is 3.78. The van der Waals surface area contributed by atoms with Crippen LogP contribution in [0.25, 0.3) is 0 Å². The van der Waals surface area contributed by atoms with Crippen LogP contribution in [0.4, 0.5) is 5.95 Å². The molecular weight excluding hydrogens is 426 g/mol. The highest BCUT2D eigenvalue weighted by atomic mass is 16.2. The summed E-state index contributed by atoms with van der Waals surface area (Å²) in [5, 5.41) is 3.20. The van der Waals surface area contributed by atoms with Gasteiger partial charge in [-0.15, -0.1) is 0 Å². The lowest BCUT2D eigenvalue weighted by Gasteiger charge is -2.16. The zero-order valence-electron chi connectivity index (χ0n) is 20.0. The largest absolute Gasteiger partial charge is 0.355 e. The Morgan fingerprint density at radius 2 is 1.35 bits per heavy atom. The molecule has 0 atom stereocenters. The summed E-state index contributed by atoms with van der Waals surface area (Å²) >= 11 is 0. The Labute approximate surface area is 198 Å². The molecule has 0 aliphatic rings. The van der Waals surface area contributed by atoms with Gasteiger partial charge in [0, 0.05) is 18.4 Å². The van der Waals surface area contributed by atoms with Crippen molar-refractivity contribution in [2.45, 2.75) is 47.3 Å². The van der Waals surface area contributed by atoms with Gasteiger partial charge in [0.2, 0.25) is 5.95 Å². The van der Waals surface area contributed by atoms with E-state index in [1.165, 1.54) is 9.13 Å². The van der Waals surface area contributed by atoms with E-state index >= 15 is 0 Å². The molecule has 0 aliphatic carbocycles. The second kappa shape index (κ2) is 9.87. The zero-order valence-corrected chi connectivity index (χ0v) is 20.0. The number of anilines is 1. The third kappa shape index (κ3) is 5.31. The van der Waals surface area contributed by atoms with Gasteiger partial charge < -0.3 is 5.32 Å². The first-order chi connectivity index (χ1) is 16.3. The molecule has 2 aromatic carbocycles. The molecular formula is C27H29N5O2. The Kier molecular flexibility index (Phi) is 6.72. The molecule has 0 spiro atoms. The predicted octanol–water partition coefficient (Wildman–Crippen LogP) is 3.74. The second-order valence-corrected chi connectivity index (χ2v) is 8.75. The van der Waals surface area contributed by atoms with Gasteiger partial charge in [-0.2, -0.15) is 4.98 Å². The maximum Gasteiger partial charge on any atom is 0.355 e.